The zero-order valence-corrected chi connectivity index (χ0v) is 15.8. The highest BCUT2D eigenvalue weighted by Crippen LogP contribution is 2.40. The first-order chi connectivity index (χ1) is 14.1. The van der Waals surface area contributed by atoms with Crippen molar-refractivity contribution < 1.29 is 27.6 Å². The van der Waals surface area contributed by atoms with Crippen LogP contribution in [0.1, 0.15) is 22.3 Å². The summed E-state index contributed by atoms with van der Waals surface area (Å²) in [6.07, 6.45) is -4.93. The van der Waals surface area contributed by atoms with E-state index in [1.165, 1.54) is 12.1 Å². The Morgan fingerprint density at radius 3 is 2.53 bits per heavy atom. The molecule has 0 aromatic heterocycles. The van der Waals surface area contributed by atoms with Gasteiger partial charge in [-0.25, -0.2) is 4.79 Å². The molecule has 156 valence electrons. The van der Waals surface area contributed by atoms with Crippen molar-refractivity contribution >= 4 is 23.4 Å². The third-order valence-corrected chi connectivity index (χ3v) is 5.18. The first-order valence-electron chi connectivity index (χ1n) is 9.06. The van der Waals surface area contributed by atoms with Gasteiger partial charge in [0.25, 0.3) is 5.91 Å². The van der Waals surface area contributed by atoms with E-state index in [0.29, 0.717) is 35.3 Å². The summed E-state index contributed by atoms with van der Waals surface area (Å²) in [5.74, 6) is -0.550. The second-order valence-electron chi connectivity index (χ2n) is 7.17. The van der Waals surface area contributed by atoms with Gasteiger partial charge in [0.05, 0.1) is 11.3 Å². The van der Waals surface area contributed by atoms with Gasteiger partial charge in [0.1, 0.15) is 0 Å². The predicted molar refractivity (Wildman–Crippen MR) is 103 cm³/mol. The monoisotopic (exact) mass is 418 g/mol. The maximum Gasteiger partial charge on any atom is 0.430 e. The molecule has 2 aromatic carbocycles. The van der Waals surface area contributed by atoms with Crippen molar-refractivity contribution in [3.05, 3.63) is 52.6 Å². The Balaban J connectivity index is 1.88. The topological polar surface area (TPSA) is 97.0 Å². The number of likely N-dealkylation sites (N-methyl/N-ethyl adjacent to an activating group) is 1. The second-order valence-corrected chi connectivity index (χ2v) is 7.17. The Morgan fingerprint density at radius 2 is 1.90 bits per heavy atom. The van der Waals surface area contributed by atoms with Crippen LogP contribution in [0, 0.1) is 0 Å². The molecule has 0 fully saturated rings. The minimum atomic E-state index is -4.43. The lowest BCUT2D eigenvalue weighted by atomic mass is 9.87. The van der Waals surface area contributed by atoms with Gasteiger partial charge in [-0.15, -0.1) is 0 Å². The summed E-state index contributed by atoms with van der Waals surface area (Å²) >= 11 is 0. The number of benzene rings is 2. The Hall–Kier alpha value is -3.40. The van der Waals surface area contributed by atoms with Crippen molar-refractivity contribution in [3.63, 3.8) is 0 Å². The van der Waals surface area contributed by atoms with Gasteiger partial charge in [0.15, 0.2) is 5.71 Å². The summed E-state index contributed by atoms with van der Waals surface area (Å²) in [4.78, 5) is 29.8. The molecule has 2 aromatic rings. The van der Waals surface area contributed by atoms with Gasteiger partial charge < -0.3 is 16.0 Å². The molecule has 0 bridgehead atoms. The molecule has 7 nitrogen and oxygen atoms in total. The maximum absolute atomic E-state index is 12.9. The number of carbonyl (C=O) groups is 2. The van der Waals surface area contributed by atoms with E-state index in [1.807, 2.05) is 7.05 Å². The number of anilines is 1. The Morgan fingerprint density at radius 1 is 1.20 bits per heavy atom. The number of halogens is 3. The largest absolute Gasteiger partial charge is 0.430 e. The summed E-state index contributed by atoms with van der Waals surface area (Å²) in [7, 11) is 1.93. The van der Waals surface area contributed by atoms with Crippen molar-refractivity contribution in [1.29, 1.82) is 0 Å². The van der Waals surface area contributed by atoms with E-state index in [2.05, 4.69) is 20.2 Å². The van der Waals surface area contributed by atoms with E-state index in [1.54, 1.807) is 6.07 Å². The van der Waals surface area contributed by atoms with Crippen molar-refractivity contribution in [2.24, 2.45) is 10.9 Å². The SMILES string of the molecule is CN1CCc2c(-c3ccc(C(F)(F)F)cc3)cc3c(c2C1)NC(=O)C3=NOC(N)=O. The molecule has 0 saturated heterocycles. The molecule has 4 rings (SSSR count). The summed E-state index contributed by atoms with van der Waals surface area (Å²) in [5.41, 5.74) is 8.14. The lowest BCUT2D eigenvalue weighted by Crippen LogP contribution is -2.27. The van der Waals surface area contributed by atoms with Gasteiger partial charge in [-0.05, 0) is 53.9 Å². The second kappa shape index (κ2) is 7.13. The van der Waals surface area contributed by atoms with Gasteiger partial charge in [-0.1, -0.05) is 17.3 Å². The number of primary amides is 1. The molecule has 3 N–H and O–H groups in total. The minimum Gasteiger partial charge on any atom is -0.333 e. The van der Waals surface area contributed by atoms with Gasteiger partial charge in [-0.2, -0.15) is 13.2 Å². The molecule has 10 heteroatoms. The molecular formula is C20H17F3N4O3. The van der Waals surface area contributed by atoms with Gasteiger partial charge in [0, 0.05) is 18.7 Å². The summed E-state index contributed by atoms with van der Waals surface area (Å²) in [6.45, 7) is 1.30. The highest BCUT2D eigenvalue weighted by atomic mass is 19.4. The number of nitrogens with one attached hydrogen (secondary N) is 1. The van der Waals surface area contributed by atoms with Crippen LogP contribution in [0.3, 0.4) is 0 Å². The Bertz CT molecular complexity index is 1080. The van der Waals surface area contributed by atoms with Crippen molar-refractivity contribution in [2.45, 2.75) is 19.1 Å². The fraction of sp³-hybridized carbons (Fsp3) is 0.250. The van der Waals surface area contributed by atoms with E-state index in [9.17, 15) is 22.8 Å². The lowest BCUT2D eigenvalue weighted by molar-refractivity contribution is -0.137. The number of amides is 2. The van der Waals surface area contributed by atoms with Crippen molar-refractivity contribution in [2.75, 3.05) is 18.9 Å². The normalized spacial score (nSPS) is 17.5. The number of nitrogens with two attached hydrogens (primary N) is 1. The third-order valence-electron chi connectivity index (χ3n) is 5.18. The maximum atomic E-state index is 12.9. The molecule has 0 unspecified atom stereocenters. The fourth-order valence-corrected chi connectivity index (χ4v) is 3.79. The van der Waals surface area contributed by atoms with Crippen LogP contribution in [0.25, 0.3) is 11.1 Å². The van der Waals surface area contributed by atoms with Crippen LogP contribution in [0.2, 0.25) is 0 Å². The first kappa shape index (κ1) is 19.9. The number of fused-ring (bicyclic) bond motifs is 3. The average Bonchev–Trinajstić information content (AvgIpc) is 3.00. The highest BCUT2D eigenvalue weighted by Gasteiger charge is 2.34. The fourth-order valence-electron chi connectivity index (χ4n) is 3.79. The Kier molecular flexibility index (Phi) is 4.73. The highest BCUT2D eigenvalue weighted by molar-refractivity contribution is 6.54. The van der Waals surface area contributed by atoms with Crippen LogP contribution < -0.4 is 11.1 Å². The van der Waals surface area contributed by atoms with Crippen LogP contribution in [-0.4, -0.2) is 36.2 Å². The van der Waals surface area contributed by atoms with Gasteiger partial charge >= 0.3 is 12.3 Å². The molecule has 2 aliphatic heterocycles. The molecule has 0 aliphatic carbocycles. The van der Waals surface area contributed by atoms with Gasteiger partial charge in [0.2, 0.25) is 0 Å². The van der Waals surface area contributed by atoms with Gasteiger partial charge in [-0.3, -0.25) is 9.63 Å². The number of alkyl halides is 3. The average molecular weight is 418 g/mol. The first-order valence-corrected chi connectivity index (χ1v) is 9.06. The molecular weight excluding hydrogens is 401 g/mol. The van der Waals surface area contributed by atoms with Crippen molar-refractivity contribution in [3.8, 4) is 11.1 Å². The predicted octanol–water partition coefficient (Wildman–Crippen LogP) is 3.11. The number of hydrogen-bond acceptors (Lipinski definition) is 5. The number of carbonyl (C=O) groups excluding carboxylic acids is 2. The Labute approximate surface area is 169 Å². The van der Waals surface area contributed by atoms with Crippen molar-refractivity contribution in [1.82, 2.24) is 4.90 Å². The van der Waals surface area contributed by atoms with Crippen LogP contribution in [0.4, 0.5) is 23.7 Å². The standard InChI is InChI=1S/C20H17F3N4O3/c1-27-7-6-12-13(10-2-4-11(5-3-10)20(21,22)23)8-14-16(15(12)9-27)25-18(28)17(14)26-30-19(24)29/h2-5,8H,6-7,9H2,1H3,(H2,24,29)(H,25,26,28). The smallest absolute Gasteiger partial charge is 0.333 e. The van der Waals surface area contributed by atoms with E-state index < -0.39 is 23.7 Å². The summed E-state index contributed by atoms with van der Waals surface area (Å²) in [6, 6.07) is 6.55. The molecule has 30 heavy (non-hydrogen) atoms. The number of rotatable bonds is 2. The van der Waals surface area contributed by atoms with E-state index in [-0.39, 0.29) is 5.71 Å². The number of hydrogen-bond donors (Lipinski definition) is 2. The van der Waals surface area contributed by atoms with E-state index in [4.69, 9.17) is 5.73 Å². The summed E-state index contributed by atoms with van der Waals surface area (Å²) < 4.78 is 38.8. The molecule has 0 radical (unpaired) electrons. The molecule has 2 aliphatic rings. The molecule has 0 atom stereocenters. The van der Waals surface area contributed by atoms with E-state index in [0.717, 1.165) is 29.8 Å². The van der Waals surface area contributed by atoms with Crippen LogP contribution >= 0.6 is 0 Å². The molecule has 2 amide bonds. The quantitative estimate of drug-likeness (QED) is 0.579. The number of nitrogens with zero attached hydrogens (tertiary/aromatic N) is 2. The number of oxime groups is 1. The molecule has 0 spiro atoms. The third kappa shape index (κ3) is 3.50. The van der Waals surface area contributed by atoms with Crippen LogP contribution in [0.15, 0.2) is 35.5 Å². The lowest BCUT2D eigenvalue weighted by Gasteiger charge is -2.29. The van der Waals surface area contributed by atoms with E-state index >= 15 is 0 Å². The molecule has 2 heterocycles. The van der Waals surface area contributed by atoms with Crippen LogP contribution in [-0.2, 0) is 28.8 Å². The minimum absolute atomic E-state index is 0.118. The molecule has 0 saturated carbocycles. The zero-order chi connectivity index (χ0) is 21.6. The zero-order valence-electron chi connectivity index (χ0n) is 15.8. The summed E-state index contributed by atoms with van der Waals surface area (Å²) in [5, 5.41) is 6.31. The van der Waals surface area contributed by atoms with Crippen LogP contribution in [0.5, 0.6) is 0 Å².